The van der Waals surface area contributed by atoms with Crippen LogP contribution in [0.15, 0.2) is 48.2 Å². The Morgan fingerprint density at radius 2 is 1.52 bits per heavy atom. The van der Waals surface area contributed by atoms with Crippen molar-refractivity contribution in [1.29, 1.82) is 0 Å². The molecule has 0 bridgehead atoms. The monoisotopic (exact) mass is 418 g/mol. The third-order valence-electron chi connectivity index (χ3n) is 6.37. The standard InChI is InChI=1S/C26H30N2O3/c1-16-12-17(2)15-27(14-16)24-23(20-7-6-18(3)19(4)13-20)25(29)28(26(24)30)21-8-10-22(31-5)11-9-21/h6-11,13,16-17H,12,14-15H2,1-5H3. The smallest absolute Gasteiger partial charge is 0.282 e. The lowest BCUT2D eigenvalue weighted by Crippen LogP contribution is -2.42. The van der Waals surface area contributed by atoms with Gasteiger partial charge in [-0.3, -0.25) is 9.59 Å². The van der Waals surface area contributed by atoms with Gasteiger partial charge in [-0.25, -0.2) is 4.90 Å². The van der Waals surface area contributed by atoms with Crippen molar-refractivity contribution in [3.63, 3.8) is 0 Å². The average molecular weight is 419 g/mol. The minimum atomic E-state index is -0.265. The van der Waals surface area contributed by atoms with E-state index in [1.807, 2.05) is 32.0 Å². The van der Waals surface area contributed by atoms with Crippen LogP contribution in [0, 0.1) is 25.7 Å². The number of carbonyl (C=O) groups is 2. The number of hydrogen-bond acceptors (Lipinski definition) is 4. The lowest BCUT2D eigenvalue weighted by molar-refractivity contribution is -0.120. The molecule has 31 heavy (non-hydrogen) atoms. The van der Waals surface area contributed by atoms with Crippen molar-refractivity contribution in [3.05, 3.63) is 64.9 Å². The van der Waals surface area contributed by atoms with E-state index < -0.39 is 0 Å². The van der Waals surface area contributed by atoms with Crippen LogP contribution in [0.2, 0.25) is 0 Å². The van der Waals surface area contributed by atoms with E-state index in [4.69, 9.17) is 4.74 Å². The predicted octanol–water partition coefficient (Wildman–Crippen LogP) is 4.57. The zero-order chi connectivity index (χ0) is 22.3. The molecular weight excluding hydrogens is 388 g/mol. The number of amides is 2. The Balaban J connectivity index is 1.83. The van der Waals surface area contributed by atoms with Crippen LogP contribution in [0.5, 0.6) is 5.75 Å². The molecule has 2 unspecified atom stereocenters. The largest absolute Gasteiger partial charge is 0.497 e. The Morgan fingerprint density at radius 3 is 2.10 bits per heavy atom. The van der Waals surface area contributed by atoms with E-state index in [-0.39, 0.29) is 11.8 Å². The maximum atomic E-state index is 13.7. The highest BCUT2D eigenvalue weighted by Gasteiger charge is 2.43. The number of likely N-dealkylation sites (tertiary alicyclic amines) is 1. The lowest BCUT2D eigenvalue weighted by atomic mass is 9.90. The van der Waals surface area contributed by atoms with Crippen LogP contribution in [0.1, 0.15) is 37.0 Å². The Hall–Kier alpha value is -3.08. The summed E-state index contributed by atoms with van der Waals surface area (Å²) in [4.78, 5) is 30.8. The number of rotatable bonds is 4. The highest BCUT2D eigenvalue weighted by Crippen LogP contribution is 2.38. The number of anilines is 1. The van der Waals surface area contributed by atoms with Crippen LogP contribution in [-0.4, -0.2) is 36.9 Å². The molecule has 4 rings (SSSR count). The molecule has 0 spiro atoms. The van der Waals surface area contributed by atoms with E-state index in [1.165, 1.54) is 4.90 Å². The molecular formula is C26H30N2O3. The molecule has 162 valence electrons. The summed E-state index contributed by atoms with van der Waals surface area (Å²) in [6.07, 6.45) is 1.13. The Kier molecular flexibility index (Phi) is 5.61. The van der Waals surface area contributed by atoms with Crippen molar-refractivity contribution in [2.45, 2.75) is 34.1 Å². The van der Waals surface area contributed by atoms with E-state index in [1.54, 1.807) is 31.4 Å². The SMILES string of the molecule is COc1ccc(N2C(=O)C(c3ccc(C)c(C)c3)=C(N3CC(C)CC(C)C3)C2=O)cc1. The van der Waals surface area contributed by atoms with Crippen molar-refractivity contribution in [1.82, 2.24) is 4.90 Å². The summed E-state index contributed by atoms with van der Waals surface area (Å²) < 4.78 is 5.23. The first-order valence-electron chi connectivity index (χ1n) is 10.9. The van der Waals surface area contributed by atoms with Crippen molar-refractivity contribution >= 4 is 23.1 Å². The summed E-state index contributed by atoms with van der Waals surface area (Å²) in [5.74, 6) is 1.11. The molecule has 0 saturated carbocycles. The van der Waals surface area contributed by atoms with Crippen LogP contribution in [0.4, 0.5) is 5.69 Å². The maximum absolute atomic E-state index is 13.7. The van der Waals surface area contributed by atoms with Gasteiger partial charge in [0.05, 0.1) is 18.4 Å². The van der Waals surface area contributed by atoms with Gasteiger partial charge in [-0.2, -0.15) is 0 Å². The second-order valence-corrected chi connectivity index (χ2v) is 9.02. The van der Waals surface area contributed by atoms with E-state index >= 15 is 0 Å². The Bertz CT molecular complexity index is 1040. The van der Waals surface area contributed by atoms with E-state index in [0.29, 0.717) is 34.5 Å². The summed E-state index contributed by atoms with van der Waals surface area (Å²) in [5.41, 5.74) is 4.67. The normalized spacial score (nSPS) is 21.8. The molecule has 1 fully saturated rings. The molecule has 2 aliphatic rings. The van der Waals surface area contributed by atoms with Gasteiger partial charge >= 0.3 is 0 Å². The Morgan fingerprint density at radius 1 is 0.871 bits per heavy atom. The number of aryl methyl sites for hydroxylation is 2. The van der Waals surface area contributed by atoms with Crippen molar-refractivity contribution in [3.8, 4) is 5.75 Å². The fraction of sp³-hybridized carbons (Fsp3) is 0.385. The first-order valence-corrected chi connectivity index (χ1v) is 10.9. The van der Waals surface area contributed by atoms with Crippen LogP contribution in [-0.2, 0) is 9.59 Å². The molecule has 0 aromatic heterocycles. The molecule has 2 aromatic rings. The van der Waals surface area contributed by atoms with Crippen LogP contribution in [0.25, 0.3) is 5.57 Å². The van der Waals surface area contributed by atoms with Crippen molar-refractivity contribution in [2.24, 2.45) is 11.8 Å². The quantitative estimate of drug-likeness (QED) is 0.683. The second kappa shape index (κ2) is 8.22. The topological polar surface area (TPSA) is 49.9 Å². The van der Waals surface area contributed by atoms with Gasteiger partial charge in [-0.15, -0.1) is 0 Å². The van der Waals surface area contributed by atoms with Gasteiger partial charge in [0.25, 0.3) is 11.8 Å². The number of nitrogens with zero attached hydrogens (tertiary/aromatic N) is 2. The molecule has 2 atom stereocenters. The molecule has 2 amide bonds. The molecule has 1 saturated heterocycles. The number of carbonyl (C=O) groups excluding carboxylic acids is 2. The summed E-state index contributed by atoms with van der Waals surface area (Å²) in [5, 5.41) is 0. The van der Waals surface area contributed by atoms with E-state index in [9.17, 15) is 9.59 Å². The van der Waals surface area contributed by atoms with Gasteiger partial charge in [-0.05, 0) is 73.1 Å². The molecule has 0 aliphatic carbocycles. The number of benzene rings is 2. The number of hydrogen-bond donors (Lipinski definition) is 0. The van der Waals surface area contributed by atoms with Crippen molar-refractivity contribution < 1.29 is 14.3 Å². The fourth-order valence-corrected chi connectivity index (χ4v) is 4.78. The van der Waals surface area contributed by atoms with Crippen LogP contribution in [0.3, 0.4) is 0 Å². The molecule has 2 heterocycles. The first kappa shape index (κ1) is 21.2. The lowest BCUT2D eigenvalue weighted by Gasteiger charge is -2.37. The summed E-state index contributed by atoms with van der Waals surface area (Å²) in [6.45, 7) is 10.1. The third-order valence-corrected chi connectivity index (χ3v) is 6.37. The van der Waals surface area contributed by atoms with Gasteiger partial charge in [0.15, 0.2) is 0 Å². The average Bonchev–Trinajstić information content (AvgIpc) is 2.99. The molecule has 0 N–H and O–H groups in total. The van der Waals surface area contributed by atoms with Crippen LogP contribution < -0.4 is 9.64 Å². The number of ether oxygens (including phenoxy) is 1. The highest BCUT2D eigenvalue weighted by molar-refractivity contribution is 6.45. The van der Waals surface area contributed by atoms with Gasteiger partial charge in [0.2, 0.25) is 0 Å². The molecule has 2 aromatic carbocycles. The Labute approximate surface area is 184 Å². The highest BCUT2D eigenvalue weighted by atomic mass is 16.5. The number of imide groups is 1. The van der Waals surface area contributed by atoms with E-state index in [2.05, 4.69) is 18.7 Å². The minimum Gasteiger partial charge on any atom is -0.497 e. The summed E-state index contributed by atoms with van der Waals surface area (Å²) in [6, 6.07) is 13.1. The van der Waals surface area contributed by atoms with Crippen molar-refractivity contribution in [2.75, 3.05) is 25.1 Å². The molecule has 5 nitrogen and oxygen atoms in total. The minimum absolute atomic E-state index is 0.246. The van der Waals surface area contributed by atoms with Gasteiger partial charge in [0, 0.05) is 13.1 Å². The second-order valence-electron chi connectivity index (χ2n) is 9.02. The maximum Gasteiger partial charge on any atom is 0.282 e. The first-order chi connectivity index (χ1) is 14.8. The molecule has 5 heteroatoms. The predicted molar refractivity (Wildman–Crippen MR) is 123 cm³/mol. The van der Waals surface area contributed by atoms with Gasteiger partial charge < -0.3 is 9.64 Å². The van der Waals surface area contributed by atoms with Gasteiger partial charge in [0.1, 0.15) is 11.4 Å². The number of piperidine rings is 1. The number of methoxy groups -OCH3 is 1. The molecule has 0 radical (unpaired) electrons. The zero-order valence-electron chi connectivity index (χ0n) is 18.9. The summed E-state index contributed by atoms with van der Waals surface area (Å²) in [7, 11) is 1.59. The fourth-order valence-electron chi connectivity index (χ4n) is 4.78. The zero-order valence-corrected chi connectivity index (χ0v) is 18.9. The summed E-state index contributed by atoms with van der Waals surface area (Å²) >= 11 is 0. The van der Waals surface area contributed by atoms with Crippen LogP contribution >= 0.6 is 0 Å². The van der Waals surface area contributed by atoms with Gasteiger partial charge in [-0.1, -0.05) is 32.0 Å². The molecule has 2 aliphatic heterocycles. The third kappa shape index (κ3) is 3.85. The van der Waals surface area contributed by atoms with E-state index in [0.717, 1.165) is 36.2 Å².